The second-order valence-corrected chi connectivity index (χ2v) is 3.45. The average molecular weight is 215 g/mol. The van der Waals surface area contributed by atoms with Gasteiger partial charge in [-0.3, -0.25) is 4.79 Å². The third-order valence-electron chi connectivity index (χ3n) is 2.27. The SMILES string of the molecule is O=C(NCCc1ccco1)c1ccccc1. The molecule has 0 aliphatic rings. The van der Waals surface area contributed by atoms with E-state index in [1.54, 1.807) is 18.4 Å². The van der Waals surface area contributed by atoms with E-state index >= 15 is 0 Å². The van der Waals surface area contributed by atoms with E-state index in [4.69, 9.17) is 4.42 Å². The Morgan fingerprint density at radius 2 is 1.94 bits per heavy atom. The lowest BCUT2D eigenvalue weighted by molar-refractivity contribution is 0.0953. The minimum absolute atomic E-state index is 0.0489. The lowest BCUT2D eigenvalue weighted by Gasteiger charge is -2.03. The van der Waals surface area contributed by atoms with Gasteiger partial charge in [0.15, 0.2) is 0 Å². The topological polar surface area (TPSA) is 42.2 Å². The first-order valence-corrected chi connectivity index (χ1v) is 5.22. The fourth-order valence-corrected chi connectivity index (χ4v) is 1.45. The number of hydrogen-bond acceptors (Lipinski definition) is 2. The van der Waals surface area contributed by atoms with Gasteiger partial charge in [0.1, 0.15) is 5.76 Å². The predicted molar refractivity (Wildman–Crippen MR) is 61.2 cm³/mol. The van der Waals surface area contributed by atoms with Gasteiger partial charge < -0.3 is 9.73 Å². The van der Waals surface area contributed by atoms with Crippen molar-refractivity contribution < 1.29 is 9.21 Å². The molecule has 1 aromatic heterocycles. The summed E-state index contributed by atoms with van der Waals surface area (Å²) >= 11 is 0. The Morgan fingerprint density at radius 3 is 2.62 bits per heavy atom. The lowest BCUT2D eigenvalue weighted by atomic mass is 10.2. The van der Waals surface area contributed by atoms with Crippen LogP contribution in [0.3, 0.4) is 0 Å². The van der Waals surface area contributed by atoms with Gasteiger partial charge in [0, 0.05) is 18.5 Å². The molecular formula is C13H13NO2. The Hall–Kier alpha value is -2.03. The summed E-state index contributed by atoms with van der Waals surface area (Å²) in [6, 6.07) is 12.9. The second kappa shape index (κ2) is 5.16. The fourth-order valence-electron chi connectivity index (χ4n) is 1.45. The van der Waals surface area contributed by atoms with Gasteiger partial charge in [-0.2, -0.15) is 0 Å². The van der Waals surface area contributed by atoms with E-state index in [-0.39, 0.29) is 5.91 Å². The molecule has 0 aliphatic carbocycles. The minimum Gasteiger partial charge on any atom is -0.469 e. The molecule has 3 nitrogen and oxygen atoms in total. The van der Waals surface area contributed by atoms with Crippen molar-refractivity contribution in [2.45, 2.75) is 6.42 Å². The largest absolute Gasteiger partial charge is 0.469 e. The molecule has 16 heavy (non-hydrogen) atoms. The van der Waals surface area contributed by atoms with Crippen LogP contribution in [0.2, 0.25) is 0 Å². The molecule has 0 radical (unpaired) electrons. The van der Waals surface area contributed by atoms with Crippen molar-refractivity contribution in [3.05, 3.63) is 60.1 Å². The van der Waals surface area contributed by atoms with Crippen molar-refractivity contribution in [1.29, 1.82) is 0 Å². The molecule has 0 unspecified atom stereocenters. The van der Waals surface area contributed by atoms with Gasteiger partial charge in [-0.25, -0.2) is 0 Å². The Balaban J connectivity index is 1.81. The van der Waals surface area contributed by atoms with Crippen LogP contribution in [0.5, 0.6) is 0 Å². The first-order chi connectivity index (χ1) is 7.86. The quantitative estimate of drug-likeness (QED) is 0.850. The normalized spacial score (nSPS) is 10.0. The Labute approximate surface area is 94.1 Å². The molecule has 1 amide bonds. The average Bonchev–Trinajstić information content (AvgIpc) is 2.83. The number of benzene rings is 1. The van der Waals surface area contributed by atoms with Crippen LogP contribution in [0.1, 0.15) is 16.1 Å². The molecule has 0 spiro atoms. The Morgan fingerprint density at radius 1 is 1.12 bits per heavy atom. The number of furan rings is 1. The molecular weight excluding hydrogens is 202 g/mol. The first-order valence-electron chi connectivity index (χ1n) is 5.22. The molecule has 3 heteroatoms. The van der Waals surface area contributed by atoms with Crippen molar-refractivity contribution in [2.24, 2.45) is 0 Å². The van der Waals surface area contributed by atoms with Gasteiger partial charge in [0.05, 0.1) is 6.26 Å². The zero-order valence-corrected chi connectivity index (χ0v) is 8.85. The summed E-state index contributed by atoms with van der Waals surface area (Å²) in [4.78, 5) is 11.6. The van der Waals surface area contributed by atoms with Crippen LogP contribution >= 0.6 is 0 Å². The van der Waals surface area contributed by atoms with Crippen LogP contribution in [-0.4, -0.2) is 12.5 Å². The molecule has 0 atom stereocenters. The van der Waals surface area contributed by atoms with E-state index in [9.17, 15) is 4.79 Å². The van der Waals surface area contributed by atoms with Crippen molar-refractivity contribution >= 4 is 5.91 Å². The highest BCUT2D eigenvalue weighted by Gasteiger charge is 2.03. The molecule has 2 aromatic rings. The summed E-state index contributed by atoms with van der Waals surface area (Å²) in [6.07, 6.45) is 2.35. The number of nitrogens with one attached hydrogen (secondary N) is 1. The molecule has 2 rings (SSSR count). The van der Waals surface area contributed by atoms with Crippen molar-refractivity contribution in [1.82, 2.24) is 5.32 Å². The molecule has 0 saturated heterocycles. The molecule has 0 saturated carbocycles. The molecule has 1 N–H and O–H groups in total. The number of carbonyl (C=O) groups is 1. The van der Waals surface area contributed by atoms with Gasteiger partial charge in [-0.1, -0.05) is 18.2 Å². The highest BCUT2D eigenvalue weighted by Crippen LogP contribution is 2.01. The summed E-state index contributed by atoms with van der Waals surface area (Å²) in [5.41, 5.74) is 0.682. The molecule has 0 aliphatic heterocycles. The number of hydrogen-bond donors (Lipinski definition) is 1. The zero-order chi connectivity index (χ0) is 11.2. The summed E-state index contributed by atoms with van der Waals surface area (Å²) in [5, 5.41) is 2.84. The zero-order valence-electron chi connectivity index (χ0n) is 8.85. The maximum Gasteiger partial charge on any atom is 0.251 e. The van der Waals surface area contributed by atoms with E-state index in [1.807, 2.05) is 30.3 Å². The number of rotatable bonds is 4. The predicted octanol–water partition coefficient (Wildman–Crippen LogP) is 2.25. The van der Waals surface area contributed by atoms with Gasteiger partial charge in [-0.05, 0) is 24.3 Å². The third kappa shape index (κ3) is 2.73. The summed E-state index contributed by atoms with van der Waals surface area (Å²) in [7, 11) is 0. The maximum atomic E-state index is 11.6. The van der Waals surface area contributed by atoms with Crippen molar-refractivity contribution in [2.75, 3.05) is 6.54 Å². The fraction of sp³-hybridized carbons (Fsp3) is 0.154. The van der Waals surface area contributed by atoms with Crippen LogP contribution in [-0.2, 0) is 6.42 Å². The second-order valence-electron chi connectivity index (χ2n) is 3.45. The van der Waals surface area contributed by atoms with E-state index in [0.29, 0.717) is 18.5 Å². The van der Waals surface area contributed by atoms with Gasteiger partial charge in [0.25, 0.3) is 5.91 Å². The van der Waals surface area contributed by atoms with Crippen LogP contribution in [0.4, 0.5) is 0 Å². The number of amides is 1. The monoisotopic (exact) mass is 215 g/mol. The van der Waals surface area contributed by atoms with Crippen LogP contribution in [0, 0.1) is 0 Å². The first kappa shape index (κ1) is 10.5. The summed E-state index contributed by atoms with van der Waals surface area (Å²) in [6.45, 7) is 0.585. The van der Waals surface area contributed by atoms with Crippen LogP contribution in [0.25, 0.3) is 0 Å². The minimum atomic E-state index is -0.0489. The van der Waals surface area contributed by atoms with E-state index in [2.05, 4.69) is 5.32 Å². The molecule has 0 fully saturated rings. The van der Waals surface area contributed by atoms with Gasteiger partial charge in [-0.15, -0.1) is 0 Å². The van der Waals surface area contributed by atoms with Crippen LogP contribution < -0.4 is 5.32 Å². The van der Waals surface area contributed by atoms with Crippen LogP contribution in [0.15, 0.2) is 53.1 Å². The molecule has 1 heterocycles. The summed E-state index contributed by atoms with van der Waals surface area (Å²) in [5.74, 6) is 0.834. The van der Waals surface area contributed by atoms with E-state index in [1.165, 1.54) is 0 Å². The Kier molecular flexibility index (Phi) is 3.38. The number of carbonyl (C=O) groups excluding carboxylic acids is 1. The van der Waals surface area contributed by atoms with Gasteiger partial charge in [0.2, 0.25) is 0 Å². The standard InChI is InChI=1S/C13H13NO2/c15-13(11-5-2-1-3-6-11)14-9-8-12-7-4-10-16-12/h1-7,10H,8-9H2,(H,14,15). The smallest absolute Gasteiger partial charge is 0.251 e. The maximum absolute atomic E-state index is 11.6. The lowest BCUT2D eigenvalue weighted by Crippen LogP contribution is -2.25. The molecule has 82 valence electrons. The molecule has 0 bridgehead atoms. The van der Waals surface area contributed by atoms with E-state index in [0.717, 1.165) is 5.76 Å². The highest BCUT2D eigenvalue weighted by atomic mass is 16.3. The third-order valence-corrected chi connectivity index (χ3v) is 2.27. The summed E-state index contributed by atoms with van der Waals surface area (Å²) < 4.78 is 5.17. The Bertz CT molecular complexity index is 434. The molecule has 1 aromatic carbocycles. The van der Waals surface area contributed by atoms with Crippen molar-refractivity contribution in [3.8, 4) is 0 Å². The van der Waals surface area contributed by atoms with Gasteiger partial charge >= 0.3 is 0 Å². The van der Waals surface area contributed by atoms with E-state index < -0.39 is 0 Å². The highest BCUT2D eigenvalue weighted by molar-refractivity contribution is 5.94. The van der Waals surface area contributed by atoms with Crippen molar-refractivity contribution in [3.63, 3.8) is 0 Å².